The zero-order valence-electron chi connectivity index (χ0n) is 15.5. The van der Waals surface area contributed by atoms with Crippen LogP contribution in [0.4, 0.5) is 13.2 Å². The van der Waals surface area contributed by atoms with Crippen molar-refractivity contribution in [3.05, 3.63) is 83.7 Å². The van der Waals surface area contributed by atoms with Crippen LogP contribution < -0.4 is 5.32 Å². The van der Waals surface area contributed by atoms with E-state index >= 15 is 0 Å². The van der Waals surface area contributed by atoms with Crippen molar-refractivity contribution in [1.82, 2.24) is 15.3 Å². The first-order valence-corrected chi connectivity index (χ1v) is 9.03. The van der Waals surface area contributed by atoms with Crippen LogP contribution in [0.15, 0.2) is 66.9 Å². The van der Waals surface area contributed by atoms with Crippen LogP contribution in [0.1, 0.15) is 21.6 Å². The molecule has 0 saturated carbocycles. The van der Waals surface area contributed by atoms with Gasteiger partial charge in [-0.3, -0.25) is 9.78 Å². The number of nitrogens with one attached hydrogen (secondary N) is 2. The van der Waals surface area contributed by atoms with Crippen LogP contribution in [0.2, 0.25) is 0 Å². The van der Waals surface area contributed by atoms with Gasteiger partial charge in [0.1, 0.15) is 11.4 Å². The molecule has 0 atom stereocenters. The third kappa shape index (κ3) is 3.98. The predicted octanol–water partition coefficient (Wildman–Crippen LogP) is 4.88. The van der Waals surface area contributed by atoms with E-state index in [9.17, 15) is 23.1 Å². The minimum absolute atomic E-state index is 0.0935. The monoisotopic (exact) mass is 411 g/mol. The largest absolute Gasteiger partial charge is 0.507 e. The van der Waals surface area contributed by atoms with Crippen LogP contribution in [0, 0.1) is 0 Å². The van der Waals surface area contributed by atoms with E-state index in [-0.39, 0.29) is 18.2 Å². The van der Waals surface area contributed by atoms with Crippen LogP contribution >= 0.6 is 0 Å². The number of phenolic OH excluding ortho intramolecular Hbond substituents is 1. The third-order valence-corrected chi connectivity index (χ3v) is 4.65. The van der Waals surface area contributed by atoms with Crippen molar-refractivity contribution in [3.8, 4) is 17.0 Å². The number of fused-ring (bicyclic) bond motifs is 1. The van der Waals surface area contributed by atoms with E-state index in [2.05, 4.69) is 15.3 Å². The molecule has 2 aromatic heterocycles. The second-order valence-electron chi connectivity index (χ2n) is 6.73. The molecule has 0 aliphatic carbocycles. The Bertz CT molecular complexity index is 1210. The summed E-state index contributed by atoms with van der Waals surface area (Å²) in [5.41, 5.74) is 1.65. The predicted molar refractivity (Wildman–Crippen MR) is 106 cm³/mol. The molecule has 0 bridgehead atoms. The molecule has 152 valence electrons. The number of para-hydroxylation sites is 1. The first-order valence-electron chi connectivity index (χ1n) is 9.03. The Kier molecular flexibility index (Phi) is 4.91. The first-order chi connectivity index (χ1) is 14.3. The number of halogens is 3. The standard InChI is InChI=1S/C22H16F3N3O2/c23-22(24,25)20-10-15-9-13(5-7-17(15)28-20)11-27-21(30)14-6-8-18(26-12-14)16-3-1-2-4-19(16)29/h1-10,12,28-29H,11H2,(H,27,30). The summed E-state index contributed by atoms with van der Waals surface area (Å²) in [6.45, 7) is 0.155. The summed E-state index contributed by atoms with van der Waals surface area (Å²) < 4.78 is 38.5. The second-order valence-corrected chi connectivity index (χ2v) is 6.73. The van der Waals surface area contributed by atoms with Gasteiger partial charge in [0.05, 0.1) is 11.3 Å². The maximum absolute atomic E-state index is 12.8. The molecule has 0 spiro atoms. The van der Waals surface area contributed by atoms with Gasteiger partial charge < -0.3 is 15.4 Å². The normalized spacial score (nSPS) is 11.6. The van der Waals surface area contributed by atoms with Gasteiger partial charge in [-0.2, -0.15) is 13.2 Å². The fraction of sp³-hybridized carbons (Fsp3) is 0.0909. The molecule has 5 nitrogen and oxygen atoms in total. The van der Waals surface area contributed by atoms with Crippen molar-refractivity contribution in [2.45, 2.75) is 12.7 Å². The van der Waals surface area contributed by atoms with Gasteiger partial charge in [-0.25, -0.2) is 0 Å². The molecule has 2 aromatic carbocycles. The van der Waals surface area contributed by atoms with E-state index in [0.29, 0.717) is 33.3 Å². The summed E-state index contributed by atoms with van der Waals surface area (Å²) in [6, 6.07) is 15.8. The highest BCUT2D eigenvalue weighted by Crippen LogP contribution is 2.31. The molecule has 30 heavy (non-hydrogen) atoms. The fourth-order valence-electron chi connectivity index (χ4n) is 3.11. The summed E-state index contributed by atoms with van der Waals surface area (Å²) in [6.07, 6.45) is -3.04. The van der Waals surface area contributed by atoms with Gasteiger partial charge in [0.2, 0.25) is 0 Å². The van der Waals surface area contributed by atoms with Gasteiger partial charge in [0.25, 0.3) is 5.91 Å². The summed E-state index contributed by atoms with van der Waals surface area (Å²) in [4.78, 5) is 18.9. The maximum atomic E-state index is 12.8. The van der Waals surface area contributed by atoms with E-state index in [1.165, 1.54) is 6.20 Å². The van der Waals surface area contributed by atoms with Gasteiger partial charge in [-0.05, 0) is 48.0 Å². The fourth-order valence-corrected chi connectivity index (χ4v) is 3.11. The topological polar surface area (TPSA) is 78.0 Å². The van der Waals surface area contributed by atoms with Crippen LogP contribution in [-0.2, 0) is 12.7 Å². The Balaban J connectivity index is 1.45. The van der Waals surface area contributed by atoms with Gasteiger partial charge in [0, 0.05) is 29.2 Å². The van der Waals surface area contributed by atoms with Crippen LogP contribution in [0.25, 0.3) is 22.2 Å². The number of amides is 1. The zero-order valence-corrected chi connectivity index (χ0v) is 15.5. The number of aromatic nitrogens is 2. The van der Waals surface area contributed by atoms with Crippen molar-refractivity contribution < 1.29 is 23.1 Å². The highest BCUT2D eigenvalue weighted by Gasteiger charge is 2.32. The Morgan fingerprint density at radius 2 is 1.87 bits per heavy atom. The lowest BCUT2D eigenvalue weighted by Gasteiger charge is -2.07. The molecule has 2 heterocycles. The number of nitrogens with zero attached hydrogens (tertiary/aromatic N) is 1. The molecular formula is C22H16F3N3O2. The highest BCUT2D eigenvalue weighted by molar-refractivity contribution is 5.94. The average Bonchev–Trinajstić information content (AvgIpc) is 3.16. The number of alkyl halides is 3. The van der Waals surface area contributed by atoms with Gasteiger partial charge >= 0.3 is 6.18 Å². The molecule has 0 radical (unpaired) electrons. The lowest BCUT2D eigenvalue weighted by Crippen LogP contribution is -2.22. The highest BCUT2D eigenvalue weighted by atomic mass is 19.4. The van der Waals surface area contributed by atoms with E-state index in [1.807, 2.05) is 0 Å². The summed E-state index contributed by atoms with van der Waals surface area (Å²) in [5.74, 6) is -0.271. The third-order valence-electron chi connectivity index (χ3n) is 4.65. The number of carbonyl (C=O) groups is 1. The average molecular weight is 411 g/mol. The van der Waals surface area contributed by atoms with Crippen LogP contribution in [0.3, 0.4) is 0 Å². The van der Waals surface area contributed by atoms with E-state index in [4.69, 9.17) is 0 Å². The zero-order chi connectivity index (χ0) is 21.3. The number of carbonyl (C=O) groups excluding carboxylic acids is 1. The number of rotatable bonds is 4. The smallest absolute Gasteiger partial charge is 0.431 e. The quantitative estimate of drug-likeness (QED) is 0.448. The molecule has 0 saturated heterocycles. The molecule has 0 aliphatic rings. The Labute approximate surface area is 169 Å². The minimum Gasteiger partial charge on any atom is -0.507 e. The molecule has 0 aliphatic heterocycles. The summed E-state index contributed by atoms with van der Waals surface area (Å²) >= 11 is 0. The molecule has 4 aromatic rings. The van der Waals surface area contributed by atoms with E-state index in [0.717, 1.165) is 6.07 Å². The van der Waals surface area contributed by atoms with Gasteiger partial charge in [-0.1, -0.05) is 18.2 Å². The number of benzene rings is 2. The molecule has 0 fully saturated rings. The van der Waals surface area contributed by atoms with Crippen LogP contribution in [-0.4, -0.2) is 21.0 Å². The lowest BCUT2D eigenvalue weighted by atomic mass is 10.1. The Morgan fingerprint density at radius 3 is 2.57 bits per heavy atom. The van der Waals surface area contributed by atoms with E-state index in [1.54, 1.807) is 54.6 Å². The van der Waals surface area contributed by atoms with Crippen molar-refractivity contribution in [3.63, 3.8) is 0 Å². The number of H-pyrrole nitrogens is 1. The summed E-state index contributed by atoms with van der Waals surface area (Å²) in [7, 11) is 0. The number of phenols is 1. The molecule has 1 amide bonds. The SMILES string of the molecule is O=C(NCc1ccc2[nH]c(C(F)(F)F)cc2c1)c1ccc(-c2ccccc2O)nc1. The van der Waals surface area contributed by atoms with Gasteiger partial charge in [0.15, 0.2) is 0 Å². The second kappa shape index (κ2) is 7.55. The van der Waals surface area contributed by atoms with Gasteiger partial charge in [-0.15, -0.1) is 0 Å². The molecule has 8 heteroatoms. The van der Waals surface area contributed by atoms with Crippen LogP contribution in [0.5, 0.6) is 5.75 Å². The molecule has 4 rings (SSSR count). The van der Waals surface area contributed by atoms with Crippen molar-refractivity contribution in [1.29, 1.82) is 0 Å². The molecule has 0 unspecified atom stereocenters. The lowest BCUT2D eigenvalue weighted by molar-refractivity contribution is -0.140. The van der Waals surface area contributed by atoms with Crippen molar-refractivity contribution in [2.75, 3.05) is 0 Å². The first kappa shape index (κ1) is 19.5. The summed E-state index contributed by atoms with van der Waals surface area (Å²) in [5, 5.41) is 13.0. The Morgan fingerprint density at radius 1 is 1.07 bits per heavy atom. The molecular weight excluding hydrogens is 395 g/mol. The maximum Gasteiger partial charge on any atom is 0.431 e. The number of aromatic hydroxyl groups is 1. The van der Waals surface area contributed by atoms with E-state index < -0.39 is 11.9 Å². The van der Waals surface area contributed by atoms with Crippen molar-refractivity contribution >= 4 is 16.8 Å². The number of aromatic amines is 1. The number of pyridine rings is 1. The minimum atomic E-state index is -4.44. The molecule has 3 N–H and O–H groups in total. The number of hydrogen-bond acceptors (Lipinski definition) is 3. The van der Waals surface area contributed by atoms with Crippen molar-refractivity contribution in [2.24, 2.45) is 0 Å². The Hall–Kier alpha value is -3.81. The number of hydrogen-bond donors (Lipinski definition) is 3.